The molecule has 0 aliphatic carbocycles. The first-order valence-corrected chi connectivity index (χ1v) is 6.32. The van der Waals surface area contributed by atoms with Crippen LogP contribution in [0.15, 0.2) is 25.0 Å². The first kappa shape index (κ1) is 13.8. The average molecular weight is 236 g/mol. The van der Waals surface area contributed by atoms with Crippen LogP contribution >= 0.6 is 0 Å². The number of nitrogens with zero attached hydrogens (tertiary/aromatic N) is 3. The van der Waals surface area contributed by atoms with Crippen molar-refractivity contribution < 1.29 is 0 Å². The zero-order chi connectivity index (χ0) is 12.7. The maximum atomic E-state index is 4.32. The van der Waals surface area contributed by atoms with E-state index in [1.165, 1.54) is 0 Å². The molecule has 1 atom stereocenters. The van der Waals surface area contributed by atoms with Crippen molar-refractivity contribution in [1.29, 1.82) is 0 Å². The Labute approximate surface area is 104 Å². The maximum Gasteiger partial charge on any atom is 0.203 e. The highest BCUT2D eigenvalue weighted by Crippen LogP contribution is 2.14. The van der Waals surface area contributed by atoms with Gasteiger partial charge in [0.05, 0.1) is 0 Å². The van der Waals surface area contributed by atoms with Crippen molar-refractivity contribution in [3.63, 3.8) is 0 Å². The molecule has 0 amide bonds. The van der Waals surface area contributed by atoms with E-state index >= 15 is 0 Å². The molecule has 1 aromatic rings. The van der Waals surface area contributed by atoms with Crippen molar-refractivity contribution >= 4 is 5.95 Å². The van der Waals surface area contributed by atoms with Gasteiger partial charge in [0, 0.05) is 31.5 Å². The first-order chi connectivity index (χ1) is 8.22. The van der Waals surface area contributed by atoms with E-state index in [1.54, 1.807) is 0 Å². The summed E-state index contributed by atoms with van der Waals surface area (Å²) in [5.41, 5.74) is 0. The molecule has 0 radical (unpaired) electrons. The normalized spacial score (nSPS) is 12.7. The zero-order valence-electron chi connectivity index (χ0n) is 11.2. The number of aromatic nitrogens is 2. The third kappa shape index (κ3) is 3.89. The molecule has 0 fully saturated rings. The van der Waals surface area contributed by atoms with Crippen LogP contribution in [-0.4, -0.2) is 40.6 Å². The van der Waals surface area contributed by atoms with E-state index in [4.69, 9.17) is 0 Å². The number of hydrogen-bond acceptors (Lipinski definition) is 3. The Morgan fingerprint density at radius 1 is 1.53 bits per heavy atom. The van der Waals surface area contributed by atoms with Crippen LogP contribution in [0, 0.1) is 0 Å². The van der Waals surface area contributed by atoms with Crippen molar-refractivity contribution in [2.24, 2.45) is 0 Å². The van der Waals surface area contributed by atoms with Crippen LogP contribution in [0.2, 0.25) is 0 Å². The highest BCUT2D eigenvalue weighted by atomic mass is 15.2. The van der Waals surface area contributed by atoms with E-state index in [9.17, 15) is 0 Å². The van der Waals surface area contributed by atoms with Crippen LogP contribution in [-0.2, 0) is 0 Å². The summed E-state index contributed by atoms with van der Waals surface area (Å²) in [7, 11) is 0. The number of nitrogens with one attached hydrogen (secondary N) is 1. The Morgan fingerprint density at radius 2 is 2.24 bits per heavy atom. The summed E-state index contributed by atoms with van der Waals surface area (Å²) in [6.07, 6.45) is 5.71. The van der Waals surface area contributed by atoms with Gasteiger partial charge in [-0.2, -0.15) is 0 Å². The van der Waals surface area contributed by atoms with Gasteiger partial charge in [-0.1, -0.05) is 19.9 Å². The monoisotopic (exact) mass is 236 g/mol. The van der Waals surface area contributed by atoms with Gasteiger partial charge in [-0.15, -0.1) is 6.58 Å². The van der Waals surface area contributed by atoms with E-state index in [2.05, 4.69) is 47.1 Å². The largest absolute Gasteiger partial charge is 0.352 e. The van der Waals surface area contributed by atoms with E-state index in [0.717, 1.165) is 32.1 Å². The highest BCUT2D eigenvalue weighted by Gasteiger charge is 2.12. The van der Waals surface area contributed by atoms with Crippen LogP contribution in [0.25, 0.3) is 0 Å². The number of likely N-dealkylation sites (N-methyl/N-ethyl adjacent to an activating group) is 1. The van der Waals surface area contributed by atoms with Crippen LogP contribution < -0.4 is 5.32 Å². The topological polar surface area (TPSA) is 33.1 Å². The third-order valence-electron chi connectivity index (χ3n) is 2.96. The molecule has 1 heterocycles. The average Bonchev–Trinajstić information content (AvgIpc) is 2.81. The van der Waals surface area contributed by atoms with Gasteiger partial charge in [0.15, 0.2) is 0 Å². The summed E-state index contributed by atoms with van der Waals surface area (Å²) in [6, 6.07) is 0.421. The van der Waals surface area contributed by atoms with Crippen molar-refractivity contribution in [1.82, 2.24) is 14.5 Å². The number of imidazole rings is 1. The summed E-state index contributed by atoms with van der Waals surface area (Å²) in [5.74, 6) is 0.921. The van der Waals surface area contributed by atoms with Gasteiger partial charge in [-0.25, -0.2) is 4.98 Å². The van der Waals surface area contributed by atoms with Crippen molar-refractivity contribution in [2.45, 2.75) is 26.8 Å². The lowest BCUT2D eigenvalue weighted by Crippen LogP contribution is -2.29. The van der Waals surface area contributed by atoms with Crippen LogP contribution in [0.4, 0.5) is 5.95 Å². The van der Waals surface area contributed by atoms with Crippen LogP contribution in [0.5, 0.6) is 0 Å². The second kappa shape index (κ2) is 7.12. The van der Waals surface area contributed by atoms with Crippen molar-refractivity contribution in [2.75, 3.05) is 31.5 Å². The molecule has 0 spiro atoms. The molecule has 1 aromatic heterocycles. The Hall–Kier alpha value is -1.29. The minimum atomic E-state index is 0.421. The molecule has 0 aromatic carbocycles. The molecular formula is C13H24N4. The Kier molecular flexibility index (Phi) is 5.77. The Morgan fingerprint density at radius 3 is 2.82 bits per heavy atom. The first-order valence-electron chi connectivity index (χ1n) is 6.32. The maximum absolute atomic E-state index is 4.32. The molecule has 1 rings (SSSR count). The van der Waals surface area contributed by atoms with E-state index in [0.29, 0.717) is 6.04 Å². The second-order valence-corrected chi connectivity index (χ2v) is 4.16. The molecule has 0 aliphatic heterocycles. The van der Waals surface area contributed by atoms with Gasteiger partial charge in [-0.05, 0) is 20.0 Å². The van der Waals surface area contributed by atoms with Crippen LogP contribution in [0.1, 0.15) is 26.8 Å². The fraction of sp³-hybridized carbons (Fsp3) is 0.615. The van der Waals surface area contributed by atoms with Crippen molar-refractivity contribution in [3.8, 4) is 0 Å². The van der Waals surface area contributed by atoms with Crippen LogP contribution in [0.3, 0.4) is 0 Å². The van der Waals surface area contributed by atoms with Gasteiger partial charge >= 0.3 is 0 Å². The molecule has 0 saturated carbocycles. The summed E-state index contributed by atoms with van der Waals surface area (Å²) < 4.78 is 2.18. The second-order valence-electron chi connectivity index (χ2n) is 4.16. The molecule has 1 unspecified atom stereocenters. The quantitative estimate of drug-likeness (QED) is 0.704. The fourth-order valence-corrected chi connectivity index (χ4v) is 1.91. The van der Waals surface area contributed by atoms with Gasteiger partial charge in [-0.3, -0.25) is 0 Å². The smallest absolute Gasteiger partial charge is 0.203 e. The Bertz CT molecular complexity index is 328. The minimum Gasteiger partial charge on any atom is -0.352 e. The molecule has 17 heavy (non-hydrogen) atoms. The molecule has 0 saturated heterocycles. The van der Waals surface area contributed by atoms with Gasteiger partial charge < -0.3 is 14.8 Å². The van der Waals surface area contributed by atoms with Crippen molar-refractivity contribution in [3.05, 3.63) is 25.0 Å². The fourth-order valence-electron chi connectivity index (χ4n) is 1.91. The molecule has 4 nitrogen and oxygen atoms in total. The van der Waals surface area contributed by atoms with Gasteiger partial charge in [0.2, 0.25) is 5.95 Å². The van der Waals surface area contributed by atoms with Gasteiger partial charge in [0.25, 0.3) is 0 Å². The lowest BCUT2D eigenvalue weighted by Gasteiger charge is -2.24. The minimum absolute atomic E-state index is 0.421. The SMILES string of the molecule is C=CCNc1nccn1C(C)CN(CC)CC. The lowest BCUT2D eigenvalue weighted by atomic mass is 10.3. The predicted molar refractivity (Wildman–Crippen MR) is 73.4 cm³/mol. The summed E-state index contributed by atoms with van der Waals surface area (Å²) in [5, 5.41) is 3.25. The third-order valence-corrected chi connectivity index (χ3v) is 2.96. The summed E-state index contributed by atoms with van der Waals surface area (Å²) >= 11 is 0. The molecular weight excluding hydrogens is 212 g/mol. The van der Waals surface area contributed by atoms with Gasteiger partial charge in [0.1, 0.15) is 0 Å². The number of rotatable bonds is 8. The molecule has 1 N–H and O–H groups in total. The number of hydrogen-bond donors (Lipinski definition) is 1. The molecule has 96 valence electrons. The molecule has 0 aliphatic rings. The lowest BCUT2D eigenvalue weighted by molar-refractivity contribution is 0.262. The standard InChI is InChI=1S/C13H24N4/c1-5-8-14-13-15-9-10-17(13)12(4)11-16(6-2)7-3/h5,9-10,12H,1,6-8,11H2,2-4H3,(H,14,15). The number of anilines is 1. The van der Waals surface area contributed by atoms with E-state index < -0.39 is 0 Å². The molecule has 4 heteroatoms. The van der Waals surface area contributed by atoms with E-state index in [1.807, 2.05) is 18.5 Å². The van der Waals surface area contributed by atoms with E-state index in [-0.39, 0.29) is 0 Å². The zero-order valence-corrected chi connectivity index (χ0v) is 11.2. The summed E-state index contributed by atoms with van der Waals surface area (Å²) in [6.45, 7) is 14.3. The highest BCUT2D eigenvalue weighted by molar-refractivity contribution is 5.27. The summed E-state index contributed by atoms with van der Waals surface area (Å²) in [4.78, 5) is 6.74. The molecule has 0 bridgehead atoms. The Balaban J connectivity index is 2.64. The predicted octanol–water partition coefficient (Wildman–Crippen LogP) is 2.38.